The number of hydrogen-bond acceptors (Lipinski definition) is 2. The summed E-state index contributed by atoms with van der Waals surface area (Å²) in [4.78, 5) is 0.324. The average molecular weight is 368 g/mol. The second-order valence-corrected chi connectivity index (χ2v) is 6.02. The van der Waals surface area contributed by atoms with Crippen LogP contribution in [0.2, 0.25) is 0 Å². The van der Waals surface area contributed by atoms with Gasteiger partial charge in [0.15, 0.2) is 0 Å². The molecular weight excluding hydrogens is 355 g/mol. The number of benzene rings is 1. The third-order valence-electron chi connectivity index (χ3n) is 2.66. The lowest BCUT2D eigenvalue weighted by Crippen LogP contribution is -2.52. The highest BCUT2D eigenvalue weighted by molar-refractivity contribution is 9.10. The van der Waals surface area contributed by atoms with Crippen LogP contribution < -0.4 is 4.74 Å². The maximum atomic E-state index is 13.2. The fourth-order valence-corrected chi connectivity index (χ4v) is 3.12. The highest BCUT2D eigenvalue weighted by Crippen LogP contribution is 2.34. The summed E-state index contributed by atoms with van der Waals surface area (Å²) >= 11 is 6.76. The van der Waals surface area contributed by atoms with Gasteiger partial charge in [-0.25, -0.2) is 4.39 Å². The Morgan fingerprint density at radius 2 is 2.18 bits per heavy atom. The largest absolute Gasteiger partial charge is 0.487 e. The minimum Gasteiger partial charge on any atom is -0.487 e. The molecule has 1 aliphatic rings. The molecule has 5 heteroatoms. The molecule has 0 heterocycles. The van der Waals surface area contributed by atoms with E-state index in [1.54, 1.807) is 6.07 Å². The van der Waals surface area contributed by atoms with Crippen LogP contribution in [0.25, 0.3) is 0 Å². The van der Waals surface area contributed by atoms with Crippen molar-refractivity contribution in [2.45, 2.75) is 30.4 Å². The fraction of sp³-hybridized carbons (Fsp3) is 0.500. The molecule has 0 aromatic heterocycles. The summed E-state index contributed by atoms with van der Waals surface area (Å²) in [5, 5.41) is 0. The quantitative estimate of drug-likeness (QED) is 0.751. The Hall–Kier alpha value is -0.130. The van der Waals surface area contributed by atoms with E-state index in [1.165, 1.54) is 12.1 Å². The van der Waals surface area contributed by atoms with E-state index in [2.05, 4.69) is 31.9 Å². The van der Waals surface area contributed by atoms with Gasteiger partial charge in [0.2, 0.25) is 0 Å². The molecule has 0 saturated heterocycles. The Kier molecular flexibility index (Phi) is 4.44. The summed E-state index contributed by atoms with van der Waals surface area (Å²) < 4.78 is 25.1. The molecule has 0 aliphatic heterocycles. The molecule has 2 nitrogen and oxygen atoms in total. The van der Waals surface area contributed by atoms with Crippen LogP contribution in [0.1, 0.15) is 13.3 Å². The Bertz CT molecular complexity index is 380. The monoisotopic (exact) mass is 366 g/mol. The van der Waals surface area contributed by atoms with Crippen molar-refractivity contribution in [3.63, 3.8) is 0 Å². The molecule has 3 atom stereocenters. The molecule has 1 fully saturated rings. The van der Waals surface area contributed by atoms with Crippen molar-refractivity contribution in [3.8, 4) is 5.75 Å². The zero-order valence-corrected chi connectivity index (χ0v) is 12.5. The highest BCUT2D eigenvalue weighted by Gasteiger charge is 2.42. The third-order valence-corrected chi connectivity index (χ3v) is 4.02. The SMILES string of the molecule is CCOC1C(Br)CC1Oc1cc(F)cc(Br)c1. The first-order valence-corrected chi connectivity index (χ1v) is 7.19. The number of alkyl halides is 1. The summed E-state index contributed by atoms with van der Waals surface area (Å²) in [6.45, 7) is 2.60. The Labute approximate surface area is 117 Å². The van der Waals surface area contributed by atoms with E-state index in [0.29, 0.717) is 21.7 Å². The first-order valence-electron chi connectivity index (χ1n) is 5.48. The smallest absolute Gasteiger partial charge is 0.128 e. The molecule has 94 valence electrons. The zero-order valence-electron chi connectivity index (χ0n) is 9.33. The third kappa shape index (κ3) is 3.20. The van der Waals surface area contributed by atoms with E-state index in [9.17, 15) is 4.39 Å². The van der Waals surface area contributed by atoms with E-state index in [1.807, 2.05) is 6.92 Å². The standard InChI is InChI=1S/C12H13Br2FO2/c1-2-16-12-10(14)6-11(12)17-9-4-7(13)3-8(15)5-9/h3-5,10-12H,2,6H2,1H3. The van der Waals surface area contributed by atoms with Crippen LogP contribution in [0.15, 0.2) is 22.7 Å². The second kappa shape index (κ2) is 5.67. The lowest BCUT2D eigenvalue weighted by molar-refractivity contribution is -0.0724. The van der Waals surface area contributed by atoms with Gasteiger partial charge in [-0.1, -0.05) is 31.9 Å². The molecule has 3 unspecified atom stereocenters. The predicted molar refractivity (Wildman–Crippen MR) is 71.3 cm³/mol. The van der Waals surface area contributed by atoms with Crippen molar-refractivity contribution < 1.29 is 13.9 Å². The average Bonchev–Trinajstić information content (AvgIpc) is 2.24. The molecule has 0 spiro atoms. The zero-order chi connectivity index (χ0) is 12.4. The molecule has 2 rings (SSSR count). The van der Waals surface area contributed by atoms with Crippen LogP contribution in [0.5, 0.6) is 5.75 Å². The van der Waals surface area contributed by atoms with Crippen molar-refractivity contribution in [1.29, 1.82) is 0 Å². The second-order valence-electron chi connectivity index (χ2n) is 3.93. The number of rotatable bonds is 4. The topological polar surface area (TPSA) is 18.5 Å². The van der Waals surface area contributed by atoms with E-state index in [-0.39, 0.29) is 18.0 Å². The van der Waals surface area contributed by atoms with Gasteiger partial charge in [-0.15, -0.1) is 0 Å². The van der Waals surface area contributed by atoms with Crippen LogP contribution >= 0.6 is 31.9 Å². The minimum absolute atomic E-state index is 0.00646. The van der Waals surface area contributed by atoms with Crippen molar-refractivity contribution in [3.05, 3.63) is 28.5 Å². The molecule has 0 N–H and O–H groups in total. The molecule has 0 bridgehead atoms. The summed E-state index contributed by atoms with van der Waals surface area (Å²) in [6.07, 6.45) is 0.911. The molecular formula is C12H13Br2FO2. The van der Waals surface area contributed by atoms with E-state index >= 15 is 0 Å². The lowest BCUT2D eigenvalue weighted by Gasteiger charge is -2.40. The van der Waals surface area contributed by atoms with E-state index in [4.69, 9.17) is 9.47 Å². The first kappa shape index (κ1) is 13.3. The molecule has 1 aromatic carbocycles. The van der Waals surface area contributed by atoms with Gasteiger partial charge in [-0.2, -0.15) is 0 Å². The molecule has 0 amide bonds. The molecule has 1 saturated carbocycles. The summed E-state index contributed by atoms with van der Waals surface area (Å²) in [6, 6.07) is 4.55. The number of hydrogen-bond donors (Lipinski definition) is 0. The van der Waals surface area contributed by atoms with Crippen LogP contribution in [0.4, 0.5) is 4.39 Å². The van der Waals surface area contributed by atoms with Crippen LogP contribution in [0, 0.1) is 5.82 Å². The first-order chi connectivity index (χ1) is 8.10. The van der Waals surface area contributed by atoms with Gasteiger partial charge in [-0.05, 0) is 19.1 Å². The number of halogens is 3. The normalized spacial score (nSPS) is 27.6. The van der Waals surface area contributed by atoms with Gasteiger partial charge in [0, 0.05) is 28.4 Å². The molecule has 17 heavy (non-hydrogen) atoms. The Morgan fingerprint density at radius 3 is 2.76 bits per heavy atom. The Morgan fingerprint density at radius 1 is 1.41 bits per heavy atom. The maximum absolute atomic E-state index is 13.2. The predicted octanol–water partition coefficient (Wildman–Crippen LogP) is 3.91. The van der Waals surface area contributed by atoms with Gasteiger partial charge in [-0.3, -0.25) is 0 Å². The van der Waals surface area contributed by atoms with Gasteiger partial charge in [0.05, 0.1) is 0 Å². The van der Waals surface area contributed by atoms with Gasteiger partial charge >= 0.3 is 0 Å². The van der Waals surface area contributed by atoms with Crippen LogP contribution in [-0.2, 0) is 4.74 Å². The molecule has 1 aliphatic carbocycles. The fourth-order valence-electron chi connectivity index (χ4n) is 1.82. The highest BCUT2D eigenvalue weighted by atomic mass is 79.9. The lowest BCUT2D eigenvalue weighted by atomic mass is 9.91. The van der Waals surface area contributed by atoms with Crippen molar-refractivity contribution in [2.75, 3.05) is 6.61 Å². The van der Waals surface area contributed by atoms with Crippen LogP contribution in [-0.4, -0.2) is 23.6 Å². The molecule has 0 radical (unpaired) electrons. The van der Waals surface area contributed by atoms with Gasteiger partial charge < -0.3 is 9.47 Å². The summed E-state index contributed by atoms with van der Waals surface area (Å²) in [7, 11) is 0. The van der Waals surface area contributed by atoms with Gasteiger partial charge in [0.25, 0.3) is 0 Å². The van der Waals surface area contributed by atoms with E-state index in [0.717, 1.165) is 6.42 Å². The minimum atomic E-state index is -0.308. The van der Waals surface area contributed by atoms with Crippen molar-refractivity contribution in [1.82, 2.24) is 0 Å². The van der Waals surface area contributed by atoms with E-state index < -0.39 is 0 Å². The summed E-state index contributed by atoms with van der Waals surface area (Å²) in [5.41, 5.74) is 0. The maximum Gasteiger partial charge on any atom is 0.128 e. The number of ether oxygens (including phenoxy) is 2. The van der Waals surface area contributed by atoms with Gasteiger partial charge in [0.1, 0.15) is 23.8 Å². The Balaban J connectivity index is 2.01. The molecule has 1 aromatic rings. The summed E-state index contributed by atoms with van der Waals surface area (Å²) in [5.74, 6) is 0.225. The van der Waals surface area contributed by atoms with Crippen molar-refractivity contribution >= 4 is 31.9 Å². The van der Waals surface area contributed by atoms with Crippen LogP contribution in [0.3, 0.4) is 0 Å². The van der Waals surface area contributed by atoms with Crippen molar-refractivity contribution in [2.24, 2.45) is 0 Å².